The number of halogens is 3. The lowest BCUT2D eigenvalue weighted by Crippen LogP contribution is -2.14. The van der Waals surface area contributed by atoms with Crippen LogP contribution < -0.4 is 5.32 Å². The first kappa shape index (κ1) is 13.2. The maximum absolute atomic E-state index is 13.6. The highest BCUT2D eigenvalue weighted by Gasteiger charge is 2.11. The smallest absolute Gasteiger partial charge is 0.144 e. The van der Waals surface area contributed by atoms with Crippen molar-refractivity contribution in [2.45, 2.75) is 20.0 Å². The van der Waals surface area contributed by atoms with Crippen LogP contribution in [0.5, 0.6) is 0 Å². The molecule has 0 radical (unpaired) electrons. The topological polar surface area (TPSA) is 25.2 Å². The number of rotatable bonds is 4. The molecule has 2 rings (SSSR count). The Morgan fingerprint density at radius 1 is 1.17 bits per heavy atom. The van der Waals surface area contributed by atoms with Crippen molar-refractivity contribution in [2.75, 3.05) is 0 Å². The van der Waals surface area contributed by atoms with Crippen LogP contribution in [0.1, 0.15) is 17.1 Å². The molecular weight excluding hydrogens is 304 g/mol. The monoisotopic (exact) mass is 315 g/mol. The third-order valence-electron chi connectivity index (χ3n) is 2.54. The van der Waals surface area contributed by atoms with Gasteiger partial charge in [0.2, 0.25) is 0 Å². The SMILES string of the molecule is Cc1ccc(CNCc2c(F)ccc(Br)c2F)o1. The summed E-state index contributed by atoms with van der Waals surface area (Å²) in [6.07, 6.45) is 0. The zero-order valence-electron chi connectivity index (χ0n) is 9.77. The molecule has 0 saturated carbocycles. The number of furan rings is 1. The largest absolute Gasteiger partial charge is 0.465 e. The fourth-order valence-corrected chi connectivity index (χ4v) is 1.99. The van der Waals surface area contributed by atoms with E-state index in [0.29, 0.717) is 6.54 Å². The molecule has 2 aromatic rings. The van der Waals surface area contributed by atoms with Crippen molar-refractivity contribution in [1.82, 2.24) is 5.32 Å². The fourth-order valence-electron chi connectivity index (χ4n) is 1.62. The molecule has 2 nitrogen and oxygen atoms in total. The highest BCUT2D eigenvalue weighted by molar-refractivity contribution is 9.10. The molecule has 1 heterocycles. The van der Waals surface area contributed by atoms with Gasteiger partial charge >= 0.3 is 0 Å². The van der Waals surface area contributed by atoms with E-state index in [-0.39, 0.29) is 16.6 Å². The zero-order chi connectivity index (χ0) is 13.1. The first-order chi connectivity index (χ1) is 8.58. The van der Waals surface area contributed by atoms with Crippen molar-refractivity contribution >= 4 is 15.9 Å². The van der Waals surface area contributed by atoms with Crippen LogP contribution in [0.15, 0.2) is 33.2 Å². The summed E-state index contributed by atoms with van der Waals surface area (Å²) in [7, 11) is 0. The zero-order valence-corrected chi connectivity index (χ0v) is 11.4. The Bertz CT molecular complexity index is 554. The second kappa shape index (κ2) is 5.63. The summed E-state index contributed by atoms with van der Waals surface area (Å²) in [6.45, 7) is 2.38. The molecule has 0 aliphatic rings. The molecule has 0 amide bonds. The van der Waals surface area contributed by atoms with E-state index >= 15 is 0 Å². The Morgan fingerprint density at radius 2 is 1.94 bits per heavy atom. The fraction of sp³-hybridized carbons (Fsp3) is 0.231. The number of aryl methyl sites for hydroxylation is 1. The van der Waals surface area contributed by atoms with E-state index in [4.69, 9.17) is 4.42 Å². The molecule has 5 heteroatoms. The van der Waals surface area contributed by atoms with Crippen molar-refractivity contribution in [2.24, 2.45) is 0 Å². The van der Waals surface area contributed by atoms with E-state index in [2.05, 4.69) is 21.2 Å². The molecule has 0 saturated heterocycles. The van der Waals surface area contributed by atoms with Gasteiger partial charge in [0.05, 0.1) is 11.0 Å². The van der Waals surface area contributed by atoms with Gasteiger partial charge in [0.15, 0.2) is 0 Å². The second-order valence-electron chi connectivity index (χ2n) is 3.94. The van der Waals surface area contributed by atoms with Gasteiger partial charge in [-0.05, 0) is 47.1 Å². The van der Waals surface area contributed by atoms with Crippen LogP contribution in [0, 0.1) is 18.6 Å². The normalized spacial score (nSPS) is 10.9. The molecule has 0 aliphatic heterocycles. The molecule has 1 aromatic heterocycles. The van der Waals surface area contributed by atoms with Crippen molar-refractivity contribution in [3.8, 4) is 0 Å². The van der Waals surface area contributed by atoms with Crippen LogP contribution in [0.25, 0.3) is 0 Å². The van der Waals surface area contributed by atoms with Gasteiger partial charge in [-0.1, -0.05) is 0 Å². The average Bonchev–Trinajstić information content (AvgIpc) is 2.74. The Labute approximate surface area is 112 Å². The third-order valence-corrected chi connectivity index (χ3v) is 3.15. The van der Waals surface area contributed by atoms with E-state index in [1.165, 1.54) is 12.1 Å². The molecule has 0 atom stereocenters. The molecule has 0 unspecified atom stereocenters. The lowest BCUT2D eigenvalue weighted by molar-refractivity contribution is 0.455. The summed E-state index contributed by atoms with van der Waals surface area (Å²) in [4.78, 5) is 0. The molecular formula is C13H12BrF2NO. The minimum absolute atomic E-state index is 0.0210. The summed E-state index contributed by atoms with van der Waals surface area (Å²) >= 11 is 3.03. The summed E-state index contributed by atoms with van der Waals surface area (Å²) in [6, 6.07) is 6.26. The van der Waals surface area contributed by atoms with E-state index in [1.807, 2.05) is 19.1 Å². The summed E-state index contributed by atoms with van der Waals surface area (Å²) in [5, 5.41) is 2.95. The predicted octanol–water partition coefficient (Wildman–Crippen LogP) is 3.92. The van der Waals surface area contributed by atoms with Crippen LogP contribution in [0.3, 0.4) is 0 Å². The molecule has 0 aliphatic carbocycles. The summed E-state index contributed by atoms with van der Waals surface area (Å²) < 4.78 is 32.7. The standard InChI is InChI=1S/C13H12BrF2NO/c1-8-2-3-9(18-8)6-17-7-10-12(15)5-4-11(14)13(10)16/h2-5,17H,6-7H2,1H3. The Kier molecular flexibility index (Phi) is 4.14. The van der Waals surface area contributed by atoms with Gasteiger partial charge in [0.25, 0.3) is 0 Å². The van der Waals surface area contributed by atoms with Crippen LogP contribution in [0.2, 0.25) is 0 Å². The van der Waals surface area contributed by atoms with Crippen molar-refractivity contribution in [3.05, 3.63) is 57.5 Å². The Balaban J connectivity index is 2.00. The van der Waals surface area contributed by atoms with Gasteiger partial charge < -0.3 is 9.73 Å². The molecule has 1 N–H and O–H groups in total. The van der Waals surface area contributed by atoms with Gasteiger partial charge in [0, 0.05) is 12.1 Å². The van der Waals surface area contributed by atoms with E-state index in [9.17, 15) is 8.78 Å². The highest BCUT2D eigenvalue weighted by atomic mass is 79.9. The van der Waals surface area contributed by atoms with E-state index in [1.54, 1.807) is 0 Å². The third kappa shape index (κ3) is 2.97. The molecule has 0 bridgehead atoms. The minimum atomic E-state index is -0.571. The molecule has 0 fully saturated rings. The summed E-state index contributed by atoms with van der Waals surface area (Å²) in [5.41, 5.74) is 0.0210. The van der Waals surface area contributed by atoms with Gasteiger partial charge in [-0.2, -0.15) is 0 Å². The average molecular weight is 316 g/mol. The molecule has 96 valence electrons. The lowest BCUT2D eigenvalue weighted by atomic mass is 10.2. The summed E-state index contributed by atoms with van der Waals surface area (Å²) in [5.74, 6) is 0.423. The predicted molar refractivity (Wildman–Crippen MR) is 68.0 cm³/mol. The number of hydrogen-bond acceptors (Lipinski definition) is 2. The Morgan fingerprint density at radius 3 is 2.61 bits per heavy atom. The Hall–Kier alpha value is -1.20. The van der Waals surface area contributed by atoms with Crippen LogP contribution >= 0.6 is 15.9 Å². The van der Waals surface area contributed by atoms with Gasteiger partial charge in [-0.25, -0.2) is 8.78 Å². The maximum atomic E-state index is 13.6. The van der Waals surface area contributed by atoms with E-state index < -0.39 is 11.6 Å². The number of nitrogens with one attached hydrogen (secondary N) is 1. The van der Waals surface area contributed by atoms with Gasteiger partial charge in [0.1, 0.15) is 23.2 Å². The number of hydrogen-bond donors (Lipinski definition) is 1. The maximum Gasteiger partial charge on any atom is 0.144 e. The highest BCUT2D eigenvalue weighted by Crippen LogP contribution is 2.21. The van der Waals surface area contributed by atoms with Gasteiger partial charge in [-0.15, -0.1) is 0 Å². The number of benzene rings is 1. The molecule has 1 aromatic carbocycles. The van der Waals surface area contributed by atoms with Gasteiger partial charge in [-0.3, -0.25) is 0 Å². The van der Waals surface area contributed by atoms with Crippen molar-refractivity contribution < 1.29 is 13.2 Å². The quantitative estimate of drug-likeness (QED) is 0.865. The minimum Gasteiger partial charge on any atom is -0.465 e. The molecule has 0 spiro atoms. The van der Waals surface area contributed by atoms with Crippen LogP contribution in [-0.4, -0.2) is 0 Å². The van der Waals surface area contributed by atoms with E-state index in [0.717, 1.165) is 11.5 Å². The second-order valence-corrected chi connectivity index (χ2v) is 4.79. The van der Waals surface area contributed by atoms with Crippen LogP contribution in [-0.2, 0) is 13.1 Å². The lowest BCUT2D eigenvalue weighted by Gasteiger charge is -2.07. The van der Waals surface area contributed by atoms with Crippen LogP contribution in [0.4, 0.5) is 8.78 Å². The first-order valence-corrected chi connectivity index (χ1v) is 6.25. The molecule has 18 heavy (non-hydrogen) atoms. The first-order valence-electron chi connectivity index (χ1n) is 5.46. The van der Waals surface area contributed by atoms with Crippen molar-refractivity contribution in [1.29, 1.82) is 0 Å². The van der Waals surface area contributed by atoms with Crippen molar-refractivity contribution in [3.63, 3.8) is 0 Å².